The van der Waals surface area contributed by atoms with Gasteiger partial charge in [-0.05, 0) is 31.6 Å². The summed E-state index contributed by atoms with van der Waals surface area (Å²) in [5.74, 6) is -1.96. The van der Waals surface area contributed by atoms with E-state index in [1.54, 1.807) is 0 Å². The number of benzene rings is 1. The van der Waals surface area contributed by atoms with Gasteiger partial charge in [-0.1, -0.05) is 13.8 Å². The fourth-order valence-corrected chi connectivity index (χ4v) is 2.22. The Balaban J connectivity index is 2.94. The van der Waals surface area contributed by atoms with Crippen molar-refractivity contribution in [3.63, 3.8) is 0 Å². The fourth-order valence-electron chi connectivity index (χ4n) is 2.22. The summed E-state index contributed by atoms with van der Waals surface area (Å²) in [7, 11) is 3.95. The third kappa shape index (κ3) is 4.09. The van der Waals surface area contributed by atoms with Crippen molar-refractivity contribution in [2.24, 2.45) is 5.41 Å². The first-order valence-electron chi connectivity index (χ1n) is 6.34. The molecule has 0 saturated heterocycles. The third-order valence-corrected chi connectivity index (χ3v) is 2.91. The monoisotopic (exact) mass is 283 g/mol. The van der Waals surface area contributed by atoms with Gasteiger partial charge in [0.2, 0.25) is 0 Å². The first-order valence-corrected chi connectivity index (χ1v) is 6.34. The van der Waals surface area contributed by atoms with Crippen LogP contribution in [0.3, 0.4) is 0 Å². The molecule has 1 aromatic carbocycles. The molecule has 0 radical (unpaired) electrons. The molecule has 0 amide bonds. The van der Waals surface area contributed by atoms with Gasteiger partial charge in [0.1, 0.15) is 11.4 Å². The maximum atomic E-state index is 13.3. The van der Waals surface area contributed by atoms with Crippen molar-refractivity contribution in [1.82, 2.24) is 4.90 Å². The van der Waals surface area contributed by atoms with Crippen LogP contribution in [-0.4, -0.2) is 43.2 Å². The van der Waals surface area contributed by atoms with Crippen molar-refractivity contribution in [2.75, 3.05) is 38.2 Å². The van der Waals surface area contributed by atoms with Crippen LogP contribution in [0.5, 0.6) is 0 Å². The Morgan fingerprint density at radius 1 is 1.45 bits per heavy atom. The lowest BCUT2D eigenvalue weighted by Gasteiger charge is -2.29. The molecule has 0 atom stereocenters. The highest BCUT2D eigenvalue weighted by atomic mass is 19.1. The average Bonchev–Trinajstić information content (AvgIpc) is 2.28. The summed E-state index contributed by atoms with van der Waals surface area (Å²) in [6.07, 6.45) is 0. The van der Waals surface area contributed by atoms with Gasteiger partial charge in [-0.15, -0.1) is 0 Å². The van der Waals surface area contributed by atoms with Crippen LogP contribution >= 0.6 is 0 Å². The minimum absolute atomic E-state index is 0.0670. The largest absolute Gasteiger partial charge is 0.478 e. The molecule has 112 valence electrons. The molecule has 1 rings (SSSR count). The van der Waals surface area contributed by atoms with Crippen LogP contribution in [0.25, 0.3) is 0 Å². The molecular formula is C14H22FN3O2. The van der Waals surface area contributed by atoms with E-state index in [1.165, 1.54) is 12.1 Å². The summed E-state index contributed by atoms with van der Waals surface area (Å²) < 4.78 is 13.3. The number of nitrogen functional groups attached to an aromatic ring is 1. The van der Waals surface area contributed by atoms with E-state index in [-0.39, 0.29) is 16.7 Å². The summed E-state index contributed by atoms with van der Waals surface area (Å²) in [6.45, 7) is 5.51. The number of nitrogens with zero attached hydrogens (tertiary/aromatic N) is 1. The van der Waals surface area contributed by atoms with Crippen LogP contribution in [0.2, 0.25) is 0 Å². The van der Waals surface area contributed by atoms with Gasteiger partial charge < -0.3 is 21.1 Å². The molecule has 0 fully saturated rings. The molecular weight excluding hydrogens is 261 g/mol. The molecule has 20 heavy (non-hydrogen) atoms. The lowest BCUT2D eigenvalue weighted by Crippen LogP contribution is -2.34. The highest BCUT2D eigenvalue weighted by Crippen LogP contribution is 2.26. The van der Waals surface area contributed by atoms with E-state index in [9.17, 15) is 9.18 Å². The number of hydrogen-bond donors (Lipinski definition) is 3. The van der Waals surface area contributed by atoms with Crippen LogP contribution in [0, 0.1) is 11.2 Å². The van der Waals surface area contributed by atoms with E-state index in [1.807, 2.05) is 14.1 Å². The summed E-state index contributed by atoms with van der Waals surface area (Å²) in [5.41, 5.74) is 5.21. The van der Waals surface area contributed by atoms with Gasteiger partial charge in [-0.25, -0.2) is 9.18 Å². The minimum atomic E-state index is -1.24. The quantitative estimate of drug-likeness (QED) is 0.697. The molecule has 0 aliphatic heterocycles. The van der Waals surface area contributed by atoms with Gasteiger partial charge in [0.25, 0.3) is 0 Å². The van der Waals surface area contributed by atoms with Gasteiger partial charge in [0.15, 0.2) is 0 Å². The number of aromatic carboxylic acids is 1. The second-order valence-corrected chi connectivity index (χ2v) is 5.94. The Morgan fingerprint density at radius 3 is 2.55 bits per heavy atom. The molecule has 0 aliphatic carbocycles. The maximum Gasteiger partial charge on any atom is 0.340 e. The molecule has 1 aromatic rings. The van der Waals surface area contributed by atoms with E-state index in [0.717, 1.165) is 6.54 Å². The molecule has 4 N–H and O–H groups in total. The normalized spacial score (nSPS) is 11.7. The summed E-state index contributed by atoms with van der Waals surface area (Å²) in [5, 5.41) is 12.2. The van der Waals surface area contributed by atoms with E-state index in [0.29, 0.717) is 12.2 Å². The highest BCUT2D eigenvalue weighted by molar-refractivity contribution is 6.00. The van der Waals surface area contributed by atoms with Crippen LogP contribution in [0.1, 0.15) is 24.2 Å². The second kappa shape index (κ2) is 6.09. The standard InChI is InChI=1S/C14H22FN3O2/c1-14(2,8-18(3)4)7-17-10-6-5-9(15)12(16)11(10)13(19)20/h5-6,17H,7-8,16H2,1-4H3,(H,19,20). The van der Waals surface area contributed by atoms with Crippen molar-refractivity contribution >= 4 is 17.3 Å². The van der Waals surface area contributed by atoms with Crippen LogP contribution in [-0.2, 0) is 0 Å². The smallest absolute Gasteiger partial charge is 0.340 e. The number of anilines is 2. The Kier molecular flexibility index (Phi) is 4.94. The predicted octanol–water partition coefficient (Wildman–Crippen LogP) is 2.11. The third-order valence-electron chi connectivity index (χ3n) is 2.91. The molecule has 0 saturated carbocycles. The van der Waals surface area contributed by atoms with E-state index < -0.39 is 11.8 Å². The first-order chi connectivity index (χ1) is 9.14. The number of nitrogens with one attached hydrogen (secondary N) is 1. The van der Waals surface area contributed by atoms with Gasteiger partial charge >= 0.3 is 5.97 Å². The molecule has 6 heteroatoms. The fraction of sp³-hybridized carbons (Fsp3) is 0.500. The van der Waals surface area contributed by atoms with Gasteiger partial charge in [-0.3, -0.25) is 0 Å². The lowest BCUT2D eigenvalue weighted by atomic mass is 9.92. The minimum Gasteiger partial charge on any atom is -0.478 e. The SMILES string of the molecule is CN(C)CC(C)(C)CNc1ccc(F)c(N)c1C(=O)O. The number of carboxylic acid groups (broad SMARTS) is 1. The molecule has 0 aromatic heterocycles. The zero-order valence-corrected chi connectivity index (χ0v) is 12.3. The first kappa shape index (κ1) is 16.2. The Labute approximate surface area is 118 Å². The van der Waals surface area contributed by atoms with Crippen molar-refractivity contribution < 1.29 is 14.3 Å². The molecule has 0 heterocycles. The molecule has 5 nitrogen and oxygen atoms in total. The van der Waals surface area contributed by atoms with Gasteiger partial charge in [0.05, 0.1) is 11.4 Å². The summed E-state index contributed by atoms with van der Waals surface area (Å²) >= 11 is 0. The summed E-state index contributed by atoms with van der Waals surface area (Å²) in [6, 6.07) is 2.57. The number of nitrogens with two attached hydrogens (primary N) is 1. The number of hydrogen-bond acceptors (Lipinski definition) is 4. The molecule has 0 bridgehead atoms. The van der Waals surface area contributed by atoms with Crippen LogP contribution < -0.4 is 11.1 Å². The maximum absolute atomic E-state index is 13.3. The van der Waals surface area contributed by atoms with E-state index in [2.05, 4.69) is 24.1 Å². The van der Waals surface area contributed by atoms with Gasteiger partial charge in [-0.2, -0.15) is 0 Å². The second-order valence-electron chi connectivity index (χ2n) is 5.94. The van der Waals surface area contributed by atoms with Crippen molar-refractivity contribution in [1.29, 1.82) is 0 Å². The number of halogens is 1. The number of rotatable bonds is 6. The molecule has 0 spiro atoms. The predicted molar refractivity (Wildman–Crippen MR) is 78.6 cm³/mol. The Bertz CT molecular complexity index is 501. The zero-order chi connectivity index (χ0) is 15.5. The lowest BCUT2D eigenvalue weighted by molar-refractivity contribution is 0.0698. The number of carboxylic acids is 1. The zero-order valence-electron chi connectivity index (χ0n) is 12.3. The van der Waals surface area contributed by atoms with E-state index >= 15 is 0 Å². The highest BCUT2D eigenvalue weighted by Gasteiger charge is 2.22. The topological polar surface area (TPSA) is 78.6 Å². The summed E-state index contributed by atoms with van der Waals surface area (Å²) in [4.78, 5) is 13.3. The van der Waals surface area contributed by atoms with Crippen LogP contribution in [0.4, 0.5) is 15.8 Å². The van der Waals surface area contributed by atoms with Crippen molar-refractivity contribution in [3.8, 4) is 0 Å². The van der Waals surface area contributed by atoms with Gasteiger partial charge in [0, 0.05) is 13.1 Å². The Morgan fingerprint density at radius 2 is 2.05 bits per heavy atom. The van der Waals surface area contributed by atoms with E-state index in [4.69, 9.17) is 10.8 Å². The van der Waals surface area contributed by atoms with Crippen molar-refractivity contribution in [2.45, 2.75) is 13.8 Å². The molecule has 0 unspecified atom stereocenters. The number of carbonyl (C=O) groups is 1. The Hall–Kier alpha value is -1.82. The van der Waals surface area contributed by atoms with Crippen molar-refractivity contribution in [3.05, 3.63) is 23.5 Å². The molecule has 0 aliphatic rings. The average molecular weight is 283 g/mol. The van der Waals surface area contributed by atoms with Crippen LogP contribution in [0.15, 0.2) is 12.1 Å².